The van der Waals surface area contributed by atoms with E-state index in [9.17, 15) is 0 Å². The van der Waals surface area contributed by atoms with Crippen molar-refractivity contribution in [1.82, 2.24) is 20.0 Å². The highest BCUT2D eigenvalue weighted by Crippen LogP contribution is 2.14. The zero-order valence-corrected chi connectivity index (χ0v) is 11.7. The van der Waals surface area contributed by atoms with Crippen molar-refractivity contribution in [3.05, 3.63) is 18.0 Å². The Morgan fingerprint density at radius 2 is 2.22 bits per heavy atom. The van der Waals surface area contributed by atoms with Gasteiger partial charge in [-0.1, -0.05) is 6.92 Å². The largest absolute Gasteiger partial charge is 0.317 e. The predicted octanol–water partition coefficient (Wildman–Crippen LogP) is 1.72. The quantitative estimate of drug-likeness (QED) is 0.834. The molecule has 1 N–H and O–H groups in total. The van der Waals surface area contributed by atoms with E-state index in [-0.39, 0.29) is 0 Å². The lowest BCUT2D eigenvalue weighted by Crippen LogP contribution is -2.34. The summed E-state index contributed by atoms with van der Waals surface area (Å²) in [7, 11) is 2.23. The molecule has 0 aliphatic carbocycles. The van der Waals surface area contributed by atoms with Gasteiger partial charge in [0, 0.05) is 25.8 Å². The average Bonchev–Trinajstić information content (AvgIpc) is 2.78. The topological polar surface area (TPSA) is 33.1 Å². The second kappa shape index (κ2) is 6.90. The molecule has 4 nitrogen and oxygen atoms in total. The summed E-state index contributed by atoms with van der Waals surface area (Å²) in [4.78, 5) is 2.44. The Morgan fingerprint density at radius 3 is 2.94 bits per heavy atom. The Bertz CT molecular complexity index is 341. The fraction of sp³-hybridized carbons (Fsp3) is 0.786. The van der Waals surface area contributed by atoms with Crippen LogP contribution in [0.3, 0.4) is 0 Å². The second-order valence-electron chi connectivity index (χ2n) is 5.44. The lowest BCUT2D eigenvalue weighted by molar-refractivity contribution is 0.229. The maximum atomic E-state index is 4.39. The molecule has 0 radical (unpaired) electrons. The fourth-order valence-electron chi connectivity index (χ4n) is 2.75. The van der Waals surface area contributed by atoms with E-state index in [2.05, 4.69) is 40.0 Å². The molecule has 1 fully saturated rings. The first-order valence-corrected chi connectivity index (χ1v) is 7.19. The second-order valence-corrected chi connectivity index (χ2v) is 5.44. The van der Waals surface area contributed by atoms with E-state index in [1.165, 1.54) is 38.2 Å². The van der Waals surface area contributed by atoms with Crippen LogP contribution in [0.2, 0.25) is 0 Å². The third kappa shape index (κ3) is 3.82. The molecule has 2 heterocycles. The summed E-state index contributed by atoms with van der Waals surface area (Å²) in [5.41, 5.74) is 1.34. The normalized spacial score (nSPS) is 17.5. The van der Waals surface area contributed by atoms with E-state index in [4.69, 9.17) is 0 Å². The molecule has 0 atom stereocenters. The van der Waals surface area contributed by atoms with Gasteiger partial charge < -0.3 is 10.2 Å². The van der Waals surface area contributed by atoms with Gasteiger partial charge in [-0.15, -0.1) is 0 Å². The number of aryl methyl sites for hydroxylation is 1. The number of piperidine rings is 1. The van der Waals surface area contributed by atoms with Crippen molar-refractivity contribution in [2.75, 3.05) is 26.7 Å². The van der Waals surface area contributed by atoms with Gasteiger partial charge in [0.2, 0.25) is 0 Å². The highest BCUT2D eigenvalue weighted by Gasteiger charge is 2.15. The third-order valence-corrected chi connectivity index (χ3v) is 3.70. The Labute approximate surface area is 110 Å². The SMILES string of the molecule is CCCn1nccc1CN(C)CC1CCNCC1. The highest BCUT2D eigenvalue weighted by atomic mass is 15.3. The van der Waals surface area contributed by atoms with E-state index in [0.717, 1.165) is 25.4 Å². The molecule has 0 saturated carbocycles. The molecule has 0 unspecified atom stereocenters. The predicted molar refractivity (Wildman–Crippen MR) is 74.4 cm³/mol. The summed E-state index contributed by atoms with van der Waals surface area (Å²) in [6.45, 7) is 7.83. The van der Waals surface area contributed by atoms with Crippen LogP contribution in [-0.2, 0) is 13.1 Å². The van der Waals surface area contributed by atoms with Gasteiger partial charge in [-0.05, 0) is 51.4 Å². The van der Waals surface area contributed by atoms with E-state index in [0.29, 0.717) is 0 Å². The van der Waals surface area contributed by atoms with Gasteiger partial charge in [0.1, 0.15) is 0 Å². The van der Waals surface area contributed by atoms with Gasteiger partial charge in [0.05, 0.1) is 5.69 Å². The molecule has 4 heteroatoms. The van der Waals surface area contributed by atoms with Crippen LogP contribution < -0.4 is 5.32 Å². The van der Waals surface area contributed by atoms with Crippen molar-refractivity contribution in [2.24, 2.45) is 5.92 Å². The van der Waals surface area contributed by atoms with E-state index < -0.39 is 0 Å². The summed E-state index contributed by atoms with van der Waals surface area (Å²) in [5.74, 6) is 0.860. The lowest BCUT2D eigenvalue weighted by Gasteiger charge is -2.27. The summed E-state index contributed by atoms with van der Waals surface area (Å²) in [6.07, 6.45) is 5.70. The lowest BCUT2D eigenvalue weighted by atomic mass is 9.98. The first-order valence-electron chi connectivity index (χ1n) is 7.19. The minimum atomic E-state index is 0.860. The van der Waals surface area contributed by atoms with Gasteiger partial charge in [-0.25, -0.2) is 0 Å². The molecule has 0 spiro atoms. The zero-order chi connectivity index (χ0) is 12.8. The Morgan fingerprint density at radius 1 is 1.44 bits per heavy atom. The molecule has 0 bridgehead atoms. The number of hydrogen-bond acceptors (Lipinski definition) is 3. The zero-order valence-electron chi connectivity index (χ0n) is 11.7. The number of hydrogen-bond donors (Lipinski definition) is 1. The Hall–Kier alpha value is -0.870. The molecule has 2 rings (SSSR count). The molecule has 102 valence electrons. The van der Waals surface area contributed by atoms with Crippen molar-refractivity contribution in [2.45, 2.75) is 39.3 Å². The van der Waals surface area contributed by atoms with Gasteiger partial charge in [-0.3, -0.25) is 4.68 Å². The highest BCUT2D eigenvalue weighted by molar-refractivity contribution is 5.00. The molecular weight excluding hydrogens is 224 g/mol. The van der Waals surface area contributed by atoms with Crippen LogP contribution in [-0.4, -0.2) is 41.4 Å². The number of aromatic nitrogens is 2. The van der Waals surface area contributed by atoms with Crippen molar-refractivity contribution in [1.29, 1.82) is 0 Å². The molecule has 1 aliphatic rings. The van der Waals surface area contributed by atoms with Gasteiger partial charge in [0.25, 0.3) is 0 Å². The number of nitrogens with one attached hydrogen (secondary N) is 1. The minimum absolute atomic E-state index is 0.860. The molecule has 0 aromatic carbocycles. The van der Waals surface area contributed by atoms with Gasteiger partial charge in [-0.2, -0.15) is 5.10 Å². The first kappa shape index (κ1) is 13.6. The molecule has 1 aromatic rings. The van der Waals surface area contributed by atoms with Crippen LogP contribution >= 0.6 is 0 Å². The van der Waals surface area contributed by atoms with Gasteiger partial charge in [0.15, 0.2) is 0 Å². The monoisotopic (exact) mass is 250 g/mol. The van der Waals surface area contributed by atoms with E-state index in [1.807, 2.05) is 6.20 Å². The van der Waals surface area contributed by atoms with Crippen LogP contribution in [0.15, 0.2) is 12.3 Å². The first-order chi connectivity index (χ1) is 8.79. The van der Waals surface area contributed by atoms with Crippen LogP contribution in [0.25, 0.3) is 0 Å². The summed E-state index contributed by atoms with van der Waals surface area (Å²) < 4.78 is 2.14. The summed E-state index contributed by atoms with van der Waals surface area (Å²) >= 11 is 0. The van der Waals surface area contributed by atoms with Crippen LogP contribution in [0.5, 0.6) is 0 Å². The molecule has 18 heavy (non-hydrogen) atoms. The molecule has 1 aromatic heterocycles. The molecule has 1 saturated heterocycles. The maximum Gasteiger partial charge on any atom is 0.0524 e. The van der Waals surface area contributed by atoms with Crippen molar-refractivity contribution in [3.8, 4) is 0 Å². The summed E-state index contributed by atoms with van der Waals surface area (Å²) in [6, 6.07) is 2.15. The summed E-state index contributed by atoms with van der Waals surface area (Å²) in [5, 5.41) is 7.81. The van der Waals surface area contributed by atoms with E-state index in [1.54, 1.807) is 0 Å². The Balaban J connectivity index is 1.82. The van der Waals surface area contributed by atoms with Crippen LogP contribution in [0, 0.1) is 5.92 Å². The number of rotatable bonds is 6. The fourth-order valence-corrected chi connectivity index (χ4v) is 2.75. The van der Waals surface area contributed by atoms with Crippen molar-refractivity contribution < 1.29 is 0 Å². The Kier molecular flexibility index (Phi) is 5.20. The maximum absolute atomic E-state index is 4.39. The minimum Gasteiger partial charge on any atom is -0.317 e. The van der Waals surface area contributed by atoms with Crippen molar-refractivity contribution >= 4 is 0 Å². The van der Waals surface area contributed by atoms with Gasteiger partial charge >= 0.3 is 0 Å². The molecule has 0 amide bonds. The molecule has 1 aliphatic heterocycles. The standard InChI is InChI=1S/C14H26N4/c1-3-10-18-14(6-9-16-18)12-17(2)11-13-4-7-15-8-5-13/h6,9,13,15H,3-5,7-8,10-12H2,1-2H3. The van der Waals surface area contributed by atoms with E-state index >= 15 is 0 Å². The molecular formula is C14H26N4. The van der Waals surface area contributed by atoms with Crippen LogP contribution in [0.4, 0.5) is 0 Å². The smallest absolute Gasteiger partial charge is 0.0524 e. The number of nitrogens with zero attached hydrogens (tertiary/aromatic N) is 3. The van der Waals surface area contributed by atoms with Crippen LogP contribution in [0.1, 0.15) is 31.9 Å². The van der Waals surface area contributed by atoms with Crippen molar-refractivity contribution in [3.63, 3.8) is 0 Å². The third-order valence-electron chi connectivity index (χ3n) is 3.70. The average molecular weight is 250 g/mol.